The zero-order valence-corrected chi connectivity index (χ0v) is 9.78. The van der Waals surface area contributed by atoms with Crippen molar-refractivity contribution in [1.29, 1.82) is 0 Å². The second-order valence-corrected chi connectivity index (χ2v) is 4.43. The van der Waals surface area contributed by atoms with Crippen LogP contribution in [0.25, 0.3) is 0 Å². The third-order valence-corrected chi connectivity index (χ3v) is 3.11. The van der Waals surface area contributed by atoms with E-state index in [2.05, 4.69) is 9.88 Å². The summed E-state index contributed by atoms with van der Waals surface area (Å²) in [6.45, 7) is 4.21. The number of anilines is 1. The Bertz CT molecular complexity index is 368. The van der Waals surface area contributed by atoms with Crippen LogP contribution in [-0.4, -0.2) is 24.4 Å². The van der Waals surface area contributed by atoms with Crippen LogP contribution in [0.5, 0.6) is 0 Å². The van der Waals surface area contributed by atoms with Gasteiger partial charge in [0.1, 0.15) is 5.82 Å². The highest BCUT2D eigenvalue weighted by Crippen LogP contribution is 2.21. The monoisotopic (exact) mass is 218 g/mol. The normalized spacial score (nSPS) is 16.9. The van der Waals surface area contributed by atoms with Crippen LogP contribution < -0.4 is 4.90 Å². The average Bonchev–Trinajstić information content (AvgIpc) is 2.57. The van der Waals surface area contributed by atoms with Crippen molar-refractivity contribution in [1.82, 2.24) is 4.98 Å². The second kappa shape index (κ2) is 5.10. The Balaban J connectivity index is 2.21. The Labute approximate surface area is 96.5 Å². The minimum absolute atomic E-state index is 0.663. The van der Waals surface area contributed by atoms with Gasteiger partial charge < -0.3 is 4.90 Å². The predicted octanol–water partition coefficient (Wildman–Crippen LogP) is 2.58. The first-order valence-corrected chi connectivity index (χ1v) is 5.98. The molecule has 2 heterocycles. The molecule has 0 N–H and O–H groups in total. The van der Waals surface area contributed by atoms with E-state index in [-0.39, 0.29) is 0 Å². The molecule has 3 heteroatoms. The molecule has 1 aliphatic heterocycles. The summed E-state index contributed by atoms with van der Waals surface area (Å²) < 4.78 is 0. The molecule has 2 rings (SSSR count). The molecular weight excluding hydrogens is 200 g/mol. The first kappa shape index (κ1) is 11.1. The summed E-state index contributed by atoms with van der Waals surface area (Å²) in [5, 5.41) is 0. The van der Waals surface area contributed by atoms with Gasteiger partial charge in [-0.3, -0.25) is 4.79 Å². The maximum Gasteiger partial charge on any atom is 0.151 e. The van der Waals surface area contributed by atoms with E-state index in [4.69, 9.17) is 0 Å². The number of hydrogen-bond donors (Lipinski definition) is 0. The molecule has 1 aromatic rings. The maximum absolute atomic E-state index is 10.6. The summed E-state index contributed by atoms with van der Waals surface area (Å²) in [6.07, 6.45) is 7.66. The molecule has 0 aromatic carbocycles. The summed E-state index contributed by atoms with van der Waals surface area (Å²) in [7, 11) is 0. The van der Waals surface area contributed by atoms with Gasteiger partial charge in [-0.05, 0) is 31.4 Å². The molecule has 1 saturated heterocycles. The lowest BCUT2D eigenvalue weighted by molar-refractivity contribution is 0.112. The smallest absolute Gasteiger partial charge is 0.151 e. The summed E-state index contributed by atoms with van der Waals surface area (Å²) >= 11 is 0. The van der Waals surface area contributed by atoms with Gasteiger partial charge in [-0.1, -0.05) is 12.8 Å². The lowest BCUT2D eigenvalue weighted by Crippen LogP contribution is -2.25. The van der Waals surface area contributed by atoms with Crippen molar-refractivity contribution in [3.05, 3.63) is 23.4 Å². The Kier molecular flexibility index (Phi) is 3.54. The van der Waals surface area contributed by atoms with Crippen LogP contribution in [0.4, 0.5) is 5.82 Å². The fraction of sp³-hybridized carbons (Fsp3) is 0.538. The minimum Gasteiger partial charge on any atom is -0.356 e. The summed E-state index contributed by atoms with van der Waals surface area (Å²) in [5.74, 6) is 1.05. The summed E-state index contributed by atoms with van der Waals surface area (Å²) in [5.41, 5.74) is 1.77. The number of pyridine rings is 1. The molecule has 0 atom stereocenters. The van der Waals surface area contributed by atoms with E-state index in [0.717, 1.165) is 30.8 Å². The van der Waals surface area contributed by atoms with Gasteiger partial charge in [-0.15, -0.1) is 0 Å². The molecule has 1 aliphatic rings. The number of rotatable bonds is 2. The van der Waals surface area contributed by atoms with Gasteiger partial charge in [0.05, 0.1) is 0 Å². The molecule has 0 radical (unpaired) electrons. The third kappa shape index (κ3) is 2.40. The van der Waals surface area contributed by atoms with Crippen LogP contribution >= 0.6 is 0 Å². The molecular formula is C13H18N2O. The summed E-state index contributed by atoms with van der Waals surface area (Å²) in [4.78, 5) is 17.4. The van der Waals surface area contributed by atoms with Crippen molar-refractivity contribution >= 4 is 12.1 Å². The van der Waals surface area contributed by atoms with Gasteiger partial charge >= 0.3 is 0 Å². The fourth-order valence-corrected chi connectivity index (χ4v) is 2.27. The number of aromatic nitrogens is 1. The third-order valence-electron chi connectivity index (χ3n) is 3.11. The van der Waals surface area contributed by atoms with Gasteiger partial charge in [0.25, 0.3) is 0 Å². The Morgan fingerprint density at radius 3 is 2.50 bits per heavy atom. The fourth-order valence-electron chi connectivity index (χ4n) is 2.27. The lowest BCUT2D eigenvalue weighted by Gasteiger charge is -2.23. The highest BCUT2D eigenvalue weighted by atomic mass is 16.1. The van der Waals surface area contributed by atoms with Crippen molar-refractivity contribution < 1.29 is 4.79 Å². The molecule has 0 amide bonds. The van der Waals surface area contributed by atoms with E-state index >= 15 is 0 Å². The van der Waals surface area contributed by atoms with Crippen LogP contribution in [-0.2, 0) is 0 Å². The molecule has 0 spiro atoms. The zero-order valence-electron chi connectivity index (χ0n) is 9.78. The Morgan fingerprint density at radius 1 is 1.25 bits per heavy atom. The molecule has 0 aliphatic carbocycles. The molecule has 16 heavy (non-hydrogen) atoms. The van der Waals surface area contributed by atoms with Crippen molar-refractivity contribution in [2.24, 2.45) is 0 Å². The number of carbonyl (C=O) groups is 1. The first-order chi connectivity index (χ1) is 7.81. The highest BCUT2D eigenvalue weighted by molar-refractivity contribution is 5.75. The van der Waals surface area contributed by atoms with E-state index in [1.807, 2.05) is 13.0 Å². The van der Waals surface area contributed by atoms with Crippen molar-refractivity contribution in [3.8, 4) is 0 Å². The number of aldehydes is 1. The van der Waals surface area contributed by atoms with Crippen molar-refractivity contribution in [2.75, 3.05) is 18.0 Å². The van der Waals surface area contributed by atoms with E-state index in [1.165, 1.54) is 25.7 Å². The van der Waals surface area contributed by atoms with Gasteiger partial charge in [0.2, 0.25) is 0 Å². The van der Waals surface area contributed by atoms with E-state index < -0.39 is 0 Å². The quantitative estimate of drug-likeness (QED) is 0.715. The van der Waals surface area contributed by atoms with E-state index in [9.17, 15) is 4.79 Å². The SMILES string of the molecule is Cc1cc(C=O)cnc1N1CCCCCC1. The number of carbonyl (C=O) groups excluding carboxylic acids is 1. The molecule has 0 bridgehead atoms. The van der Waals surface area contributed by atoms with E-state index in [0.29, 0.717) is 5.56 Å². The number of hydrogen-bond acceptors (Lipinski definition) is 3. The topological polar surface area (TPSA) is 33.2 Å². The molecule has 86 valence electrons. The largest absolute Gasteiger partial charge is 0.356 e. The minimum atomic E-state index is 0.663. The van der Waals surface area contributed by atoms with Crippen LogP contribution in [0, 0.1) is 6.92 Å². The molecule has 0 saturated carbocycles. The lowest BCUT2D eigenvalue weighted by atomic mass is 10.2. The first-order valence-electron chi connectivity index (χ1n) is 5.98. The van der Waals surface area contributed by atoms with Crippen LogP contribution in [0.1, 0.15) is 41.6 Å². The molecule has 3 nitrogen and oxygen atoms in total. The number of aryl methyl sites for hydroxylation is 1. The van der Waals surface area contributed by atoms with Crippen LogP contribution in [0.15, 0.2) is 12.3 Å². The average molecular weight is 218 g/mol. The van der Waals surface area contributed by atoms with Crippen molar-refractivity contribution in [3.63, 3.8) is 0 Å². The Morgan fingerprint density at radius 2 is 1.94 bits per heavy atom. The standard InChI is InChI=1S/C13H18N2O/c1-11-8-12(10-16)9-14-13(11)15-6-4-2-3-5-7-15/h8-10H,2-7H2,1H3. The van der Waals surface area contributed by atoms with Crippen LogP contribution in [0.2, 0.25) is 0 Å². The van der Waals surface area contributed by atoms with Gasteiger partial charge in [-0.2, -0.15) is 0 Å². The Hall–Kier alpha value is -1.38. The molecule has 1 aromatic heterocycles. The molecule has 1 fully saturated rings. The summed E-state index contributed by atoms with van der Waals surface area (Å²) in [6, 6.07) is 1.92. The predicted molar refractivity (Wildman–Crippen MR) is 65.0 cm³/mol. The zero-order chi connectivity index (χ0) is 11.4. The molecule has 0 unspecified atom stereocenters. The van der Waals surface area contributed by atoms with Crippen molar-refractivity contribution in [2.45, 2.75) is 32.6 Å². The van der Waals surface area contributed by atoms with Crippen LogP contribution in [0.3, 0.4) is 0 Å². The maximum atomic E-state index is 10.6. The van der Waals surface area contributed by atoms with Gasteiger partial charge in [0.15, 0.2) is 6.29 Å². The van der Waals surface area contributed by atoms with Gasteiger partial charge in [-0.25, -0.2) is 4.98 Å². The second-order valence-electron chi connectivity index (χ2n) is 4.43. The highest BCUT2D eigenvalue weighted by Gasteiger charge is 2.13. The number of nitrogens with zero attached hydrogens (tertiary/aromatic N) is 2. The van der Waals surface area contributed by atoms with E-state index in [1.54, 1.807) is 6.20 Å². The van der Waals surface area contributed by atoms with Gasteiger partial charge in [0, 0.05) is 24.8 Å².